The first kappa shape index (κ1) is 16.3. The Morgan fingerprint density at radius 3 is 2.60 bits per heavy atom. The van der Waals surface area contributed by atoms with E-state index in [-0.39, 0.29) is 23.2 Å². The highest BCUT2D eigenvalue weighted by Crippen LogP contribution is 2.29. The highest BCUT2D eigenvalue weighted by atomic mass is 16.6. The summed E-state index contributed by atoms with van der Waals surface area (Å²) in [5, 5.41) is 25.9. The molecule has 2 bridgehead atoms. The number of nitro benzene ring substituents is 2. The number of hydrogen-bond donors (Lipinski definition) is 1. The zero-order chi connectivity index (χ0) is 17.8. The molecule has 2 atom stereocenters. The Hall–Kier alpha value is -3.55. The number of fused-ring (bicyclic) bond motifs is 1. The number of nitrogens with zero attached hydrogens (tertiary/aromatic N) is 3. The standard InChI is InChI=1S/C17H14N4O4/c22-20(23)15-7-8-16(17(10-15)21(24)25)19-18-11-14-9-12-3-1-2-4-13(14)6-5-12/h1-13,19H/b3-1?,4-2?,18-11+/t12-,13+/m0/s1. The molecule has 8 heteroatoms. The minimum Gasteiger partial charge on any atom is -0.272 e. The molecule has 8 nitrogen and oxygen atoms in total. The minimum atomic E-state index is -0.682. The molecule has 1 aromatic carbocycles. The molecule has 4 rings (SSSR count). The van der Waals surface area contributed by atoms with Gasteiger partial charge in [0, 0.05) is 17.9 Å². The average Bonchev–Trinajstić information content (AvgIpc) is 2.55. The highest BCUT2D eigenvalue weighted by molar-refractivity contribution is 5.82. The second-order valence-corrected chi connectivity index (χ2v) is 5.51. The summed E-state index contributed by atoms with van der Waals surface area (Å²) in [6, 6.07) is 3.37. The van der Waals surface area contributed by atoms with E-state index in [9.17, 15) is 20.2 Å². The van der Waals surface area contributed by atoms with Crippen molar-refractivity contribution in [3.05, 3.63) is 86.5 Å². The highest BCUT2D eigenvalue weighted by Gasteiger charge is 2.19. The van der Waals surface area contributed by atoms with Gasteiger partial charge in [-0.25, -0.2) is 0 Å². The number of nitro groups is 2. The minimum absolute atomic E-state index is 0.0921. The van der Waals surface area contributed by atoms with E-state index in [4.69, 9.17) is 0 Å². The summed E-state index contributed by atoms with van der Waals surface area (Å²) in [5.74, 6) is 0.287. The average molecular weight is 338 g/mol. The van der Waals surface area contributed by atoms with Gasteiger partial charge in [0.2, 0.25) is 0 Å². The van der Waals surface area contributed by atoms with Gasteiger partial charge in [-0.15, -0.1) is 0 Å². The number of rotatable bonds is 5. The fourth-order valence-corrected chi connectivity index (χ4v) is 2.60. The molecule has 0 saturated carbocycles. The van der Waals surface area contributed by atoms with Crippen LogP contribution in [0.3, 0.4) is 0 Å². The smallest absolute Gasteiger partial charge is 0.272 e. The van der Waals surface area contributed by atoms with E-state index in [1.165, 1.54) is 12.1 Å². The number of allylic oxidation sites excluding steroid dienone is 8. The summed E-state index contributed by atoms with van der Waals surface area (Å²) < 4.78 is 0. The van der Waals surface area contributed by atoms with Crippen molar-refractivity contribution in [3.63, 3.8) is 0 Å². The van der Waals surface area contributed by atoms with E-state index in [1.807, 2.05) is 24.3 Å². The van der Waals surface area contributed by atoms with Crippen LogP contribution in [0.15, 0.2) is 71.4 Å². The molecule has 0 aliphatic heterocycles. The van der Waals surface area contributed by atoms with Crippen LogP contribution in [-0.2, 0) is 0 Å². The van der Waals surface area contributed by atoms with Gasteiger partial charge >= 0.3 is 5.69 Å². The monoisotopic (exact) mass is 338 g/mol. The Kier molecular flexibility index (Phi) is 4.51. The summed E-state index contributed by atoms with van der Waals surface area (Å²) >= 11 is 0. The number of anilines is 1. The zero-order valence-corrected chi connectivity index (χ0v) is 13.0. The number of non-ortho nitro benzene ring substituents is 1. The molecule has 3 aliphatic rings. The van der Waals surface area contributed by atoms with Crippen LogP contribution >= 0.6 is 0 Å². The van der Waals surface area contributed by atoms with Crippen molar-refractivity contribution in [1.29, 1.82) is 0 Å². The van der Waals surface area contributed by atoms with Crippen molar-refractivity contribution in [1.82, 2.24) is 0 Å². The molecular weight excluding hydrogens is 324 g/mol. The molecule has 0 amide bonds. The van der Waals surface area contributed by atoms with Crippen LogP contribution in [0.5, 0.6) is 0 Å². The molecular formula is C17H14N4O4. The maximum Gasteiger partial charge on any atom is 0.301 e. The van der Waals surface area contributed by atoms with Crippen LogP contribution in [0.25, 0.3) is 0 Å². The maximum absolute atomic E-state index is 11.1. The molecule has 3 aliphatic carbocycles. The molecule has 0 fully saturated rings. The van der Waals surface area contributed by atoms with Crippen LogP contribution < -0.4 is 5.43 Å². The number of benzene rings is 1. The van der Waals surface area contributed by atoms with E-state index >= 15 is 0 Å². The molecule has 25 heavy (non-hydrogen) atoms. The maximum atomic E-state index is 11.1. The van der Waals surface area contributed by atoms with Gasteiger partial charge in [-0.3, -0.25) is 25.7 Å². The predicted octanol–water partition coefficient (Wildman–Crippen LogP) is 3.76. The van der Waals surface area contributed by atoms with Gasteiger partial charge in [0.25, 0.3) is 5.69 Å². The van der Waals surface area contributed by atoms with Crippen LogP contribution in [-0.4, -0.2) is 16.1 Å². The largest absolute Gasteiger partial charge is 0.301 e. The lowest BCUT2D eigenvalue weighted by Gasteiger charge is -2.18. The lowest BCUT2D eigenvalue weighted by molar-refractivity contribution is -0.393. The van der Waals surface area contributed by atoms with Crippen LogP contribution in [0.1, 0.15) is 0 Å². The van der Waals surface area contributed by atoms with E-state index in [0.29, 0.717) is 0 Å². The fourth-order valence-electron chi connectivity index (χ4n) is 2.60. The van der Waals surface area contributed by atoms with E-state index in [2.05, 4.69) is 28.8 Å². The lowest BCUT2D eigenvalue weighted by Crippen LogP contribution is -2.09. The number of hydrazone groups is 1. The Morgan fingerprint density at radius 2 is 1.84 bits per heavy atom. The van der Waals surface area contributed by atoms with Crippen molar-refractivity contribution in [3.8, 4) is 0 Å². The topological polar surface area (TPSA) is 111 Å². The Morgan fingerprint density at radius 1 is 1.04 bits per heavy atom. The van der Waals surface area contributed by atoms with Crippen molar-refractivity contribution < 1.29 is 9.85 Å². The van der Waals surface area contributed by atoms with Crippen molar-refractivity contribution >= 4 is 23.3 Å². The summed E-state index contributed by atoms with van der Waals surface area (Å²) in [6.07, 6.45) is 15.9. The quantitative estimate of drug-likeness (QED) is 0.380. The lowest BCUT2D eigenvalue weighted by atomic mass is 9.87. The van der Waals surface area contributed by atoms with Gasteiger partial charge in [-0.2, -0.15) is 5.10 Å². The van der Waals surface area contributed by atoms with E-state index in [1.54, 1.807) is 6.21 Å². The fraction of sp³-hybridized carbons (Fsp3) is 0.118. The summed E-state index contributed by atoms with van der Waals surface area (Å²) in [7, 11) is 0. The molecule has 1 N–H and O–H groups in total. The van der Waals surface area contributed by atoms with Gasteiger partial charge in [0.1, 0.15) is 5.69 Å². The molecule has 0 heterocycles. The molecule has 0 saturated heterocycles. The SMILES string of the molecule is O=[N+]([O-])c1ccc(N/N=C/C2=C[C@H]3C=CC=C[C@@H]2C=C3)c([N+](=O)[O-])c1. The normalized spacial score (nSPS) is 21.0. The van der Waals surface area contributed by atoms with Crippen LogP contribution in [0, 0.1) is 32.1 Å². The van der Waals surface area contributed by atoms with E-state index < -0.39 is 15.5 Å². The summed E-state index contributed by atoms with van der Waals surface area (Å²) in [6.45, 7) is 0. The molecule has 0 unspecified atom stereocenters. The van der Waals surface area contributed by atoms with Crippen molar-refractivity contribution in [2.45, 2.75) is 0 Å². The third-order valence-corrected chi connectivity index (χ3v) is 3.86. The summed E-state index contributed by atoms with van der Waals surface area (Å²) in [5.41, 5.74) is 2.91. The van der Waals surface area contributed by atoms with Crippen molar-refractivity contribution in [2.24, 2.45) is 16.9 Å². The number of nitrogens with one attached hydrogen (secondary N) is 1. The predicted molar refractivity (Wildman–Crippen MR) is 94.3 cm³/mol. The Bertz CT molecular complexity index is 867. The second kappa shape index (κ2) is 6.91. The third kappa shape index (κ3) is 3.69. The first-order valence-electron chi connectivity index (χ1n) is 7.51. The Labute approximate surface area is 142 Å². The second-order valence-electron chi connectivity index (χ2n) is 5.51. The number of hydrogen-bond acceptors (Lipinski definition) is 6. The molecule has 0 spiro atoms. The molecule has 0 radical (unpaired) electrons. The van der Waals surface area contributed by atoms with Gasteiger partial charge in [-0.05, 0) is 11.6 Å². The first-order chi connectivity index (χ1) is 12.0. The van der Waals surface area contributed by atoms with Gasteiger partial charge < -0.3 is 0 Å². The summed E-state index contributed by atoms with van der Waals surface area (Å²) in [4.78, 5) is 20.5. The third-order valence-electron chi connectivity index (χ3n) is 3.86. The van der Waals surface area contributed by atoms with Gasteiger partial charge in [0.05, 0.1) is 22.1 Å². The zero-order valence-electron chi connectivity index (χ0n) is 13.0. The first-order valence-corrected chi connectivity index (χ1v) is 7.51. The van der Waals surface area contributed by atoms with Gasteiger partial charge in [-0.1, -0.05) is 42.5 Å². The van der Waals surface area contributed by atoms with Crippen molar-refractivity contribution in [2.75, 3.05) is 5.43 Å². The molecule has 0 aromatic heterocycles. The van der Waals surface area contributed by atoms with E-state index in [0.717, 1.165) is 11.6 Å². The van der Waals surface area contributed by atoms with Crippen LogP contribution in [0.2, 0.25) is 0 Å². The van der Waals surface area contributed by atoms with Gasteiger partial charge in [0.15, 0.2) is 0 Å². The van der Waals surface area contributed by atoms with Crippen LogP contribution in [0.4, 0.5) is 17.1 Å². The molecule has 126 valence electrons. The molecule has 1 aromatic rings. The Balaban J connectivity index is 1.80.